The lowest BCUT2D eigenvalue weighted by molar-refractivity contribution is 0.0924. The van der Waals surface area contributed by atoms with Crippen molar-refractivity contribution in [1.82, 2.24) is 14.9 Å². The number of hydrogen-bond acceptors (Lipinski definition) is 5. The number of benzene rings is 2. The van der Waals surface area contributed by atoms with Gasteiger partial charge in [0, 0.05) is 18.7 Å². The van der Waals surface area contributed by atoms with E-state index in [0.717, 1.165) is 39.6 Å². The lowest BCUT2D eigenvalue weighted by Gasteiger charge is -2.23. The van der Waals surface area contributed by atoms with E-state index in [2.05, 4.69) is 26.1 Å². The van der Waals surface area contributed by atoms with E-state index >= 15 is 0 Å². The first-order valence-electron chi connectivity index (χ1n) is 11.7. The Morgan fingerprint density at radius 2 is 1.91 bits per heavy atom. The summed E-state index contributed by atoms with van der Waals surface area (Å²) in [4.78, 5) is 19.1. The number of carbonyl (C=O) groups is 1. The summed E-state index contributed by atoms with van der Waals surface area (Å²) >= 11 is 1.62. The predicted octanol–water partition coefficient (Wildman–Crippen LogP) is 6.41. The lowest BCUT2D eigenvalue weighted by atomic mass is 9.95. The molecule has 0 saturated heterocycles. The maximum atomic E-state index is 13.2. The van der Waals surface area contributed by atoms with Crippen LogP contribution in [0.15, 0.2) is 60.0 Å². The highest BCUT2D eigenvalue weighted by Crippen LogP contribution is 2.44. The molecule has 5 rings (SSSR count). The zero-order valence-corrected chi connectivity index (χ0v) is 21.2. The average Bonchev–Trinajstić information content (AvgIpc) is 3.50. The maximum Gasteiger partial charge on any atom is 0.287 e. The number of rotatable bonds is 6. The molecule has 6 nitrogen and oxygen atoms in total. The molecule has 180 valence electrons. The highest BCUT2D eigenvalue weighted by atomic mass is 32.1. The summed E-state index contributed by atoms with van der Waals surface area (Å²) in [5, 5.41) is 5.10. The molecule has 0 radical (unpaired) electrons. The molecule has 1 N–H and O–H groups in total. The van der Waals surface area contributed by atoms with Crippen molar-refractivity contribution in [3.8, 4) is 39.1 Å². The number of nitrogens with one attached hydrogen (secondary N) is 1. The molecular formula is C28H29N3O3S. The number of amides is 1. The molecule has 2 aromatic heterocycles. The van der Waals surface area contributed by atoms with Crippen molar-refractivity contribution in [1.29, 1.82) is 0 Å². The van der Waals surface area contributed by atoms with E-state index in [1.54, 1.807) is 18.4 Å². The number of nitrogens with zero attached hydrogens (tertiary/aromatic N) is 2. The number of carbonyl (C=O) groups excluding carboxylic acids is 1. The Morgan fingerprint density at radius 3 is 2.60 bits per heavy atom. The third kappa shape index (κ3) is 4.68. The maximum absolute atomic E-state index is 13.2. The fourth-order valence-corrected chi connectivity index (χ4v) is 4.96. The number of aromatic nitrogens is 2. The second-order valence-corrected chi connectivity index (χ2v) is 10.8. The number of imidazole rings is 1. The van der Waals surface area contributed by atoms with E-state index in [-0.39, 0.29) is 11.3 Å². The van der Waals surface area contributed by atoms with Gasteiger partial charge in [0.15, 0.2) is 17.3 Å². The van der Waals surface area contributed by atoms with E-state index in [9.17, 15) is 4.79 Å². The third-order valence-corrected chi connectivity index (χ3v) is 6.80. The second-order valence-electron chi connectivity index (χ2n) is 9.83. The largest absolute Gasteiger partial charge is 0.493 e. The third-order valence-electron chi connectivity index (χ3n) is 5.92. The first-order chi connectivity index (χ1) is 16.8. The van der Waals surface area contributed by atoms with Gasteiger partial charge in [0.1, 0.15) is 11.4 Å². The fourth-order valence-electron chi connectivity index (χ4n) is 4.24. The van der Waals surface area contributed by atoms with Gasteiger partial charge in [-0.1, -0.05) is 45.0 Å². The summed E-state index contributed by atoms with van der Waals surface area (Å²) in [7, 11) is 1.65. The molecule has 7 heteroatoms. The van der Waals surface area contributed by atoms with E-state index in [4.69, 9.17) is 14.5 Å². The fraction of sp³-hybridized carbons (Fsp3) is 0.286. The molecule has 4 aromatic rings. The normalized spacial score (nSPS) is 12.6. The van der Waals surface area contributed by atoms with Gasteiger partial charge >= 0.3 is 0 Å². The molecule has 0 aliphatic carbocycles. The van der Waals surface area contributed by atoms with Crippen molar-refractivity contribution >= 4 is 17.2 Å². The van der Waals surface area contributed by atoms with Crippen molar-refractivity contribution in [2.75, 3.05) is 13.7 Å². The van der Waals surface area contributed by atoms with Gasteiger partial charge in [-0.15, -0.1) is 11.3 Å². The molecule has 0 saturated carbocycles. The van der Waals surface area contributed by atoms with Crippen molar-refractivity contribution < 1.29 is 14.3 Å². The van der Waals surface area contributed by atoms with Crippen LogP contribution in [0, 0.1) is 5.41 Å². The van der Waals surface area contributed by atoms with Crippen LogP contribution < -0.4 is 14.8 Å². The smallest absolute Gasteiger partial charge is 0.287 e. The summed E-state index contributed by atoms with van der Waals surface area (Å²) in [6.07, 6.45) is 0.768. The van der Waals surface area contributed by atoms with Crippen LogP contribution in [0.4, 0.5) is 0 Å². The molecule has 0 bridgehead atoms. The van der Waals surface area contributed by atoms with Crippen LogP contribution in [0.5, 0.6) is 17.2 Å². The van der Waals surface area contributed by atoms with Gasteiger partial charge in [0.25, 0.3) is 5.91 Å². The first kappa shape index (κ1) is 23.2. The molecule has 0 unspecified atom stereocenters. The van der Waals surface area contributed by atoms with Gasteiger partial charge in [-0.3, -0.25) is 4.79 Å². The molecule has 0 spiro atoms. The van der Waals surface area contributed by atoms with Gasteiger partial charge in [0.05, 0.1) is 17.7 Å². The molecule has 35 heavy (non-hydrogen) atoms. The zero-order chi connectivity index (χ0) is 24.6. The highest BCUT2D eigenvalue weighted by molar-refractivity contribution is 7.13. The van der Waals surface area contributed by atoms with Gasteiger partial charge in [-0.2, -0.15) is 0 Å². The Labute approximate surface area is 209 Å². The van der Waals surface area contributed by atoms with E-state index < -0.39 is 0 Å². The van der Waals surface area contributed by atoms with E-state index in [0.29, 0.717) is 30.4 Å². The summed E-state index contributed by atoms with van der Waals surface area (Å²) in [5.41, 5.74) is 3.90. The molecule has 1 aliphatic heterocycles. The minimum absolute atomic E-state index is 0.0175. The van der Waals surface area contributed by atoms with Crippen LogP contribution in [0.1, 0.15) is 37.0 Å². The summed E-state index contributed by atoms with van der Waals surface area (Å²) < 4.78 is 13.9. The Hall–Kier alpha value is -3.58. The minimum atomic E-state index is -0.151. The summed E-state index contributed by atoms with van der Waals surface area (Å²) in [6, 6.07) is 17.8. The number of hydrogen-bond donors (Lipinski definition) is 1. The van der Waals surface area contributed by atoms with E-state index in [1.807, 2.05) is 64.5 Å². The first-order valence-corrected chi connectivity index (χ1v) is 12.6. The van der Waals surface area contributed by atoms with Gasteiger partial charge in [-0.25, -0.2) is 4.98 Å². The van der Waals surface area contributed by atoms with Crippen molar-refractivity contribution in [2.45, 2.75) is 33.7 Å². The van der Waals surface area contributed by atoms with Gasteiger partial charge in [-0.05, 0) is 53.1 Å². The zero-order valence-electron chi connectivity index (χ0n) is 20.4. The number of methoxy groups -OCH3 is 1. The predicted molar refractivity (Wildman–Crippen MR) is 140 cm³/mol. The highest BCUT2D eigenvalue weighted by Gasteiger charge is 2.30. The van der Waals surface area contributed by atoms with Crippen LogP contribution in [0.25, 0.3) is 21.8 Å². The molecule has 1 amide bonds. The summed E-state index contributed by atoms with van der Waals surface area (Å²) in [6.45, 7) is 7.54. The minimum Gasteiger partial charge on any atom is -0.493 e. The molecule has 2 aromatic carbocycles. The standard InChI is InChI=1S/C28H29N3O3S/c1-28(2,3)17-29-27(32)26-30-24(23-11-8-14-35-23)25-20-16-22(34-19-9-6-5-7-10-19)21(33-4)15-18(20)12-13-31(25)26/h5-11,14-16H,12-13,17H2,1-4H3,(H,29,32). The Bertz CT molecular complexity index is 1350. The van der Waals surface area contributed by atoms with Crippen LogP contribution in [0.2, 0.25) is 0 Å². The Balaban J connectivity index is 1.63. The average molecular weight is 488 g/mol. The number of para-hydroxylation sites is 1. The molecule has 0 atom stereocenters. The van der Waals surface area contributed by atoms with Crippen LogP contribution in [-0.2, 0) is 13.0 Å². The quantitative estimate of drug-likeness (QED) is 0.341. The molecule has 3 heterocycles. The summed E-state index contributed by atoms with van der Waals surface area (Å²) in [5.74, 6) is 2.33. The monoisotopic (exact) mass is 487 g/mol. The number of aryl methyl sites for hydroxylation is 1. The van der Waals surface area contributed by atoms with Crippen molar-refractivity contribution in [2.24, 2.45) is 5.41 Å². The van der Waals surface area contributed by atoms with Crippen molar-refractivity contribution in [3.63, 3.8) is 0 Å². The Kier molecular flexibility index (Phi) is 6.11. The second kappa shape index (κ2) is 9.23. The van der Waals surface area contributed by atoms with Crippen molar-refractivity contribution in [3.05, 3.63) is 71.4 Å². The van der Waals surface area contributed by atoms with Crippen LogP contribution in [-0.4, -0.2) is 29.1 Å². The molecule has 1 aliphatic rings. The topological polar surface area (TPSA) is 65.4 Å². The Morgan fingerprint density at radius 1 is 1.11 bits per heavy atom. The SMILES string of the molecule is COc1cc2c(cc1Oc1ccccc1)-c1c(-c3cccs3)nc(C(=O)NCC(C)(C)C)n1CC2. The van der Waals surface area contributed by atoms with Gasteiger partial charge < -0.3 is 19.4 Å². The number of fused-ring (bicyclic) bond motifs is 3. The molecule has 0 fully saturated rings. The number of thiophene rings is 1. The number of ether oxygens (including phenoxy) is 2. The van der Waals surface area contributed by atoms with Crippen LogP contribution in [0.3, 0.4) is 0 Å². The molecular weight excluding hydrogens is 458 g/mol. The lowest BCUT2D eigenvalue weighted by Crippen LogP contribution is -2.34. The van der Waals surface area contributed by atoms with E-state index in [1.165, 1.54) is 0 Å². The van der Waals surface area contributed by atoms with Crippen LogP contribution >= 0.6 is 11.3 Å². The van der Waals surface area contributed by atoms with Gasteiger partial charge in [0.2, 0.25) is 0 Å².